The molecule has 0 unspecified atom stereocenters. The molecule has 0 amide bonds. The Morgan fingerprint density at radius 1 is 1.29 bits per heavy atom. The Balaban J connectivity index is 1.90. The van der Waals surface area contributed by atoms with Crippen molar-refractivity contribution in [3.8, 4) is 0 Å². The lowest BCUT2D eigenvalue weighted by Gasteiger charge is -2.26. The second kappa shape index (κ2) is 4.36. The van der Waals surface area contributed by atoms with Gasteiger partial charge in [0, 0.05) is 23.8 Å². The van der Waals surface area contributed by atoms with Gasteiger partial charge in [0.25, 0.3) is 0 Å². The van der Waals surface area contributed by atoms with Gasteiger partial charge >= 0.3 is 0 Å². The summed E-state index contributed by atoms with van der Waals surface area (Å²) < 4.78 is 0. The number of fused-ring (bicyclic) bond motifs is 1. The minimum Gasteiger partial charge on any atom is -0.384 e. The lowest BCUT2D eigenvalue weighted by Crippen LogP contribution is -2.20. The van der Waals surface area contributed by atoms with E-state index in [1.54, 1.807) is 0 Å². The van der Waals surface area contributed by atoms with Crippen molar-refractivity contribution < 1.29 is 0 Å². The van der Waals surface area contributed by atoms with Gasteiger partial charge in [-0.15, -0.1) is 0 Å². The molecule has 1 aliphatic rings. The molecule has 17 heavy (non-hydrogen) atoms. The molecule has 1 aromatic carbocycles. The van der Waals surface area contributed by atoms with Crippen LogP contribution in [0, 0.1) is 12.8 Å². The van der Waals surface area contributed by atoms with Gasteiger partial charge in [-0.2, -0.15) is 0 Å². The minimum absolute atomic E-state index is 0.878. The number of benzene rings is 1. The zero-order valence-corrected chi connectivity index (χ0v) is 10.2. The maximum Gasteiger partial charge on any atom is 0.0751 e. The van der Waals surface area contributed by atoms with Crippen LogP contribution in [0.4, 0.5) is 5.69 Å². The van der Waals surface area contributed by atoms with Crippen LogP contribution in [0.25, 0.3) is 10.9 Å². The van der Waals surface area contributed by atoms with E-state index < -0.39 is 0 Å². The maximum absolute atomic E-state index is 4.46. The van der Waals surface area contributed by atoms with E-state index in [1.165, 1.54) is 35.9 Å². The molecular weight excluding hydrogens is 208 g/mol. The van der Waals surface area contributed by atoms with Crippen LogP contribution in [0.2, 0.25) is 0 Å². The highest BCUT2D eigenvalue weighted by Crippen LogP contribution is 2.29. The zero-order chi connectivity index (χ0) is 11.7. The third-order valence-corrected chi connectivity index (χ3v) is 3.78. The first-order chi connectivity index (χ1) is 8.34. The number of rotatable bonds is 3. The molecule has 0 radical (unpaired) electrons. The molecule has 1 aliphatic carbocycles. The normalized spacial score (nSPS) is 15.8. The van der Waals surface area contributed by atoms with Crippen molar-refractivity contribution in [2.24, 2.45) is 5.92 Å². The number of aryl methyl sites for hydroxylation is 1. The third-order valence-electron chi connectivity index (χ3n) is 3.78. The molecule has 1 aromatic heterocycles. The number of pyridine rings is 1. The van der Waals surface area contributed by atoms with E-state index >= 15 is 0 Å². The Labute approximate surface area is 102 Å². The van der Waals surface area contributed by atoms with Crippen LogP contribution < -0.4 is 5.32 Å². The molecule has 3 rings (SSSR count). The standard InChI is InChI=1S/C15H18N2/c1-11-7-8-14(17-10-12-4-2-5-12)13-6-3-9-16-15(11)13/h3,6-9,12,17H,2,4-5,10H2,1H3. The number of nitrogens with one attached hydrogen (secondary N) is 1. The van der Waals surface area contributed by atoms with Crippen LogP contribution in [0.5, 0.6) is 0 Å². The van der Waals surface area contributed by atoms with Crippen LogP contribution in [-0.2, 0) is 0 Å². The summed E-state index contributed by atoms with van der Waals surface area (Å²) in [6.07, 6.45) is 6.04. The Bertz CT molecular complexity index is 529. The number of aromatic nitrogens is 1. The number of nitrogens with zero attached hydrogens (tertiary/aromatic N) is 1. The molecule has 0 atom stereocenters. The average Bonchev–Trinajstić information content (AvgIpc) is 2.30. The summed E-state index contributed by atoms with van der Waals surface area (Å²) in [4.78, 5) is 4.46. The Hall–Kier alpha value is -1.57. The summed E-state index contributed by atoms with van der Waals surface area (Å²) in [7, 11) is 0. The molecule has 0 spiro atoms. The SMILES string of the molecule is Cc1ccc(NCC2CCC2)c2cccnc12. The molecule has 2 heteroatoms. The van der Waals surface area contributed by atoms with Gasteiger partial charge in [-0.3, -0.25) is 4.98 Å². The quantitative estimate of drug-likeness (QED) is 0.862. The summed E-state index contributed by atoms with van der Waals surface area (Å²) >= 11 is 0. The van der Waals surface area contributed by atoms with E-state index in [4.69, 9.17) is 0 Å². The van der Waals surface area contributed by atoms with Gasteiger partial charge in [-0.1, -0.05) is 12.5 Å². The summed E-state index contributed by atoms with van der Waals surface area (Å²) in [6.45, 7) is 3.22. The topological polar surface area (TPSA) is 24.9 Å². The molecule has 1 fully saturated rings. The van der Waals surface area contributed by atoms with Crippen molar-refractivity contribution in [3.63, 3.8) is 0 Å². The predicted octanol–water partition coefficient (Wildman–Crippen LogP) is 3.76. The number of hydrogen-bond acceptors (Lipinski definition) is 2. The second-order valence-corrected chi connectivity index (χ2v) is 5.01. The van der Waals surface area contributed by atoms with Crippen LogP contribution in [0.1, 0.15) is 24.8 Å². The van der Waals surface area contributed by atoms with Crippen molar-refractivity contribution >= 4 is 16.6 Å². The van der Waals surface area contributed by atoms with Crippen molar-refractivity contribution in [3.05, 3.63) is 36.0 Å². The fourth-order valence-corrected chi connectivity index (χ4v) is 2.42. The summed E-state index contributed by atoms with van der Waals surface area (Å²) in [6, 6.07) is 8.49. The lowest BCUT2D eigenvalue weighted by atomic mass is 9.85. The first-order valence-electron chi connectivity index (χ1n) is 6.43. The van der Waals surface area contributed by atoms with Crippen LogP contribution in [-0.4, -0.2) is 11.5 Å². The van der Waals surface area contributed by atoms with Gasteiger partial charge in [0.05, 0.1) is 5.52 Å². The monoisotopic (exact) mass is 226 g/mol. The predicted molar refractivity (Wildman–Crippen MR) is 72.3 cm³/mol. The lowest BCUT2D eigenvalue weighted by molar-refractivity contribution is 0.333. The highest BCUT2D eigenvalue weighted by molar-refractivity contribution is 5.93. The first-order valence-corrected chi connectivity index (χ1v) is 6.43. The van der Waals surface area contributed by atoms with Gasteiger partial charge in [-0.05, 0) is 49.4 Å². The average molecular weight is 226 g/mol. The highest BCUT2D eigenvalue weighted by atomic mass is 14.9. The molecule has 88 valence electrons. The number of anilines is 1. The van der Waals surface area contributed by atoms with Crippen LogP contribution in [0.15, 0.2) is 30.5 Å². The third kappa shape index (κ3) is 1.99. The molecule has 0 saturated heterocycles. The number of hydrogen-bond donors (Lipinski definition) is 1. The van der Waals surface area contributed by atoms with E-state index in [-0.39, 0.29) is 0 Å². The van der Waals surface area contributed by atoms with E-state index in [2.05, 4.69) is 35.4 Å². The minimum atomic E-state index is 0.878. The van der Waals surface area contributed by atoms with Gasteiger partial charge in [0.15, 0.2) is 0 Å². The summed E-state index contributed by atoms with van der Waals surface area (Å²) in [5, 5.41) is 4.82. The maximum atomic E-state index is 4.46. The summed E-state index contributed by atoms with van der Waals surface area (Å²) in [5.41, 5.74) is 3.59. The van der Waals surface area contributed by atoms with Crippen LogP contribution in [0.3, 0.4) is 0 Å². The zero-order valence-electron chi connectivity index (χ0n) is 10.2. The fraction of sp³-hybridized carbons (Fsp3) is 0.400. The second-order valence-electron chi connectivity index (χ2n) is 5.01. The first kappa shape index (κ1) is 10.6. The largest absolute Gasteiger partial charge is 0.384 e. The van der Waals surface area contributed by atoms with Gasteiger partial charge in [-0.25, -0.2) is 0 Å². The smallest absolute Gasteiger partial charge is 0.0751 e. The van der Waals surface area contributed by atoms with E-state index in [9.17, 15) is 0 Å². The molecule has 0 bridgehead atoms. The van der Waals surface area contributed by atoms with E-state index in [0.29, 0.717) is 0 Å². The molecule has 2 aromatic rings. The van der Waals surface area contributed by atoms with E-state index in [0.717, 1.165) is 18.0 Å². The Morgan fingerprint density at radius 3 is 2.94 bits per heavy atom. The van der Waals surface area contributed by atoms with Crippen molar-refractivity contribution in [2.75, 3.05) is 11.9 Å². The Morgan fingerprint density at radius 2 is 2.18 bits per heavy atom. The van der Waals surface area contributed by atoms with Crippen molar-refractivity contribution in [2.45, 2.75) is 26.2 Å². The molecule has 2 nitrogen and oxygen atoms in total. The van der Waals surface area contributed by atoms with Crippen LogP contribution >= 0.6 is 0 Å². The van der Waals surface area contributed by atoms with Gasteiger partial charge < -0.3 is 5.32 Å². The highest BCUT2D eigenvalue weighted by Gasteiger charge is 2.17. The molecule has 1 saturated carbocycles. The van der Waals surface area contributed by atoms with Crippen molar-refractivity contribution in [1.82, 2.24) is 4.98 Å². The molecule has 0 aliphatic heterocycles. The molecular formula is C15H18N2. The fourth-order valence-electron chi connectivity index (χ4n) is 2.42. The van der Waals surface area contributed by atoms with Crippen molar-refractivity contribution in [1.29, 1.82) is 0 Å². The summed E-state index contributed by atoms with van der Waals surface area (Å²) in [5.74, 6) is 0.878. The van der Waals surface area contributed by atoms with Gasteiger partial charge in [0.1, 0.15) is 0 Å². The molecule has 1 N–H and O–H groups in total. The Kier molecular flexibility index (Phi) is 2.71. The molecule has 1 heterocycles. The van der Waals surface area contributed by atoms with Gasteiger partial charge in [0.2, 0.25) is 0 Å². The van der Waals surface area contributed by atoms with E-state index in [1.807, 2.05) is 12.3 Å².